The van der Waals surface area contributed by atoms with Crippen LogP contribution >= 0.6 is 0 Å². The fraction of sp³-hybridized carbons (Fsp3) is 0.357. The highest BCUT2D eigenvalue weighted by atomic mass is 32.2. The van der Waals surface area contributed by atoms with Gasteiger partial charge in [-0.25, -0.2) is 13.4 Å². The number of fused-ring (bicyclic) bond motifs is 1. The molecule has 0 saturated carbocycles. The summed E-state index contributed by atoms with van der Waals surface area (Å²) in [5.74, 6) is 0.768. The van der Waals surface area contributed by atoms with E-state index in [-0.39, 0.29) is 0 Å². The van der Waals surface area contributed by atoms with Gasteiger partial charge in [-0.15, -0.1) is 0 Å². The van der Waals surface area contributed by atoms with Gasteiger partial charge in [-0.3, -0.25) is 0 Å². The molecule has 0 radical (unpaired) electrons. The molecule has 0 bridgehead atoms. The first-order valence-electron chi connectivity index (χ1n) is 6.77. The average molecular weight is 306 g/mol. The maximum absolute atomic E-state index is 12.9. The number of benzene rings is 1. The molecule has 2 aromatic rings. The van der Waals surface area contributed by atoms with E-state index >= 15 is 0 Å². The van der Waals surface area contributed by atoms with Gasteiger partial charge in [-0.1, -0.05) is 6.07 Å². The number of nitrogens with zero attached hydrogens (tertiary/aromatic N) is 3. The monoisotopic (exact) mass is 306 g/mol. The van der Waals surface area contributed by atoms with Crippen LogP contribution in [0.15, 0.2) is 29.4 Å². The summed E-state index contributed by atoms with van der Waals surface area (Å²) in [6.07, 6.45) is 3.57. The van der Waals surface area contributed by atoms with E-state index in [1.165, 1.54) is 4.31 Å². The summed E-state index contributed by atoms with van der Waals surface area (Å²) < 4.78 is 29.3. The third-order valence-corrected chi connectivity index (χ3v) is 6.09. The summed E-state index contributed by atoms with van der Waals surface area (Å²) in [7, 11) is -3.57. The summed E-state index contributed by atoms with van der Waals surface area (Å²) in [6, 6.07) is 3.49. The molecule has 6 nitrogen and oxygen atoms in total. The molecule has 0 aliphatic carbocycles. The lowest BCUT2D eigenvalue weighted by Crippen LogP contribution is -2.38. The number of sulfonamides is 1. The normalized spacial score (nSPS) is 15.9. The second-order valence-electron chi connectivity index (χ2n) is 5.30. The van der Waals surface area contributed by atoms with Crippen LogP contribution in [0.2, 0.25) is 0 Å². The second-order valence-corrected chi connectivity index (χ2v) is 7.18. The maximum Gasteiger partial charge on any atom is 0.244 e. The molecule has 0 atom stereocenters. The van der Waals surface area contributed by atoms with E-state index in [4.69, 9.17) is 5.73 Å². The third-order valence-electron chi connectivity index (χ3n) is 3.95. The summed E-state index contributed by atoms with van der Waals surface area (Å²) >= 11 is 0. The Morgan fingerprint density at radius 3 is 2.76 bits per heavy atom. The topological polar surface area (TPSA) is 81.2 Å². The predicted molar refractivity (Wildman–Crippen MR) is 80.2 cm³/mol. The van der Waals surface area contributed by atoms with Crippen LogP contribution in [-0.2, 0) is 23.1 Å². The van der Waals surface area contributed by atoms with E-state index in [1.807, 2.05) is 10.8 Å². The van der Waals surface area contributed by atoms with Crippen molar-refractivity contribution in [3.63, 3.8) is 0 Å². The van der Waals surface area contributed by atoms with Gasteiger partial charge in [0.15, 0.2) is 0 Å². The molecule has 2 heterocycles. The minimum absolute atomic E-state index is 0.295. The van der Waals surface area contributed by atoms with E-state index < -0.39 is 10.0 Å². The summed E-state index contributed by atoms with van der Waals surface area (Å²) in [5.41, 5.74) is 7.71. The fourth-order valence-corrected chi connectivity index (χ4v) is 4.57. The minimum atomic E-state index is -3.57. The molecule has 2 N–H and O–H groups in total. The van der Waals surface area contributed by atoms with Crippen molar-refractivity contribution in [3.05, 3.63) is 41.5 Å². The maximum atomic E-state index is 12.9. The highest BCUT2D eigenvalue weighted by molar-refractivity contribution is 7.89. The number of nitrogen functional groups attached to an aromatic ring is 1. The van der Waals surface area contributed by atoms with Crippen molar-refractivity contribution in [1.82, 2.24) is 13.9 Å². The van der Waals surface area contributed by atoms with Crippen molar-refractivity contribution >= 4 is 15.7 Å². The number of hydrogen-bond acceptors (Lipinski definition) is 4. The number of aryl methyl sites for hydroxylation is 1. The first kappa shape index (κ1) is 14.1. The lowest BCUT2D eigenvalue weighted by molar-refractivity contribution is 0.335. The van der Waals surface area contributed by atoms with Gasteiger partial charge in [-0.05, 0) is 31.0 Å². The molecule has 0 amide bonds. The van der Waals surface area contributed by atoms with E-state index in [0.29, 0.717) is 35.8 Å². The van der Waals surface area contributed by atoms with E-state index in [9.17, 15) is 8.42 Å². The van der Waals surface area contributed by atoms with Crippen LogP contribution in [0, 0.1) is 13.8 Å². The molecule has 0 spiro atoms. The SMILES string of the molecule is Cc1ccc(N)c(C)c1S(=O)(=O)N1CCn2ccnc2C1. The molecule has 0 saturated heterocycles. The third kappa shape index (κ3) is 2.22. The van der Waals surface area contributed by atoms with Gasteiger partial charge in [0.2, 0.25) is 10.0 Å². The highest BCUT2D eigenvalue weighted by Gasteiger charge is 2.31. The minimum Gasteiger partial charge on any atom is -0.398 e. The van der Waals surface area contributed by atoms with Crippen LogP contribution < -0.4 is 5.73 Å². The molecule has 7 heteroatoms. The first-order valence-corrected chi connectivity index (χ1v) is 8.21. The van der Waals surface area contributed by atoms with Crippen LogP contribution in [0.25, 0.3) is 0 Å². The zero-order chi connectivity index (χ0) is 15.2. The van der Waals surface area contributed by atoms with Crippen LogP contribution in [0.1, 0.15) is 17.0 Å². The smallest absolute Gasteiger partial charge is 0.244 e. The van der Waals surface area contributed by atoms with Gasteiger partial charge in [-0.2, -0.15) is 4.31 Å². The summed E-state index contributed by atoms with van der Waals surface area (Å²) in [6.45, 7) is 4.90. The molecule has 112 valence electrons. The van der Waals surface area contributed by atoms with Crippen LogP contribution in [-0.4, -0.2) is 28.8 Å². The molecule has 1 aliphatic heterocycles. The van der Waals surface area contributed by atoms with Crippen molar-refractivity contribution in [1.29, 1.82) is 0 Å². The molecule has 21 heavy (non-hydrogen) atoms. The van der Waals surface area contributed by atoms with Gasteiger partial charge in [0.1, 0.15) is 5.82 Å². The lowest BCUT2D eigenvalue weighted by atomic mass is 10.1. The van der Waals surface area contributed by atoms with Crippen molar-refractivity contribution in [3.8, 4) is 0 Å². The molecule has 1 aromatic carbocycles. The van der Waals surface area contributed by atoms with Gasteiger partial charge in [0.05, 0.1) is 11.4 Å². The molecular formula is C14H18N4O2S. The van der Waals surface area contributed by atoms with Crippen molar-refractivity contribution in [2.75, 3.05) is 12.3 Å². The van der Waals surface area contributed by atoms with Gasteiger partial charge in [0.25, 0.3) is 0 Å². The van der Waals surface area contributed by atoms with Crippen LogP contribution in [0.5, 0.6) is 0 Å². The predicted octanol–water partition coefficient (Wildman–Crippen LogP) is 1.29. The van der Waals surface area contributed by atoms with E-state index in [1.54, 1.807) is 32.2 Å². The Morgan fingerprint density at radius 1 is 1.24 bits per heavy atom. The quantitative estimate of drug-likeness (QED) is 0.848. The Labute approximate surface area is 124 Å². The molecule has 1 aromatic heterocycles. The number of imidazole rings is 1. The van der Waals surface area contributed by atoms with E-state index in [0.717, 1.165) is 11.4 Å². The van der Waals surface area contributed by atoms with Gasteiger partial charge < -0.3 is 10.3 Å². The number of hydrogen-bond donors (Lipinski definition) is 1. The Hall–Kier alpha value is -1.86. The average Bonchev–Trinajstić information content (AvgIpc) is 2.90. The van der Waals surface area contributed by atoms with Gasteiger partial charge in [0, 0.05) is 31.2 Å². The van der Waals surface area contributed by atoms with Crippen LogP contribution in [0.3, 0.4) is 0 Å². The van der Waals surface area contributed by atoms with E-state index in [2.05, 4.69) is 4.98 Å². The van der Waals surface area contributed by atoms with Crippen molar-refractivity contribution in [2.45, 2.75) is 31.8 Å². The zero-order valence-corrected chi connectivity index (χ0v) is 12.9. The molecule has 0 unspecified atom stereocenters. The number of anilines is 1. The lowest BCUT2D eigenvalue weighted by Gasteiger charge is -2.28. The zero-order valence-electron chi connectivity index (χ0n) is 12.1. The number of nitrogens with two attached hydrogens (primary N) is 1. The fourth-order valence-electron chi connectivity index (χ4n) is 2.72. The number of rotatable bonds is 2. The Bertz CT molecular complexity index is 795. The summed E-state index contributed by atoms with van der Waals surface area (Å²) in [4.78, 5) is 4.53. The summed E-state index contributed by atoms with van der Waals surface area (Å²) in [5, 5.41) is 0. The Balaban J connectivity index is 2.05. The number of aromatic nitrogens is 2. The van der Waals surface area contributed by atoms with Crippen molar-refractivity contribution in [2.24, 2.45) is 0 Å². The second kappa shape index (κ2) is 4.85. The molecular weight excluding hydrogens is 288 g/mol. The standard InChI is InChI=1S/C14H18N4O2S/c1-10-3-4-12(15)11(2)14(10)21(19,20)18-8-7-17-6-5-16-13(17)9-18/h3-6H,7-9,15H2,1-2H3. The van der Waals surface area contributed by atoms with Crippen LogP contribution in [0.4, 0.5) is 5.69 Å². The van der Waals surface area contributed by atoms with Gasteiger partial charge >= 0.3 is 0 Å². The first-order chi connectivity index (χ1) is 9.91. The molecule has 3 rings (SSSR count). The molecule has 1 aliphatic rings. The highest BCUT2D eigenvalue weighted by Crippen LogP contribution is 2.29. The molecule has 0 fully saturated rings. The van der Waals surface area contributed by atoms with Crippen molar-refractivity contribution < 1.29 is 8.42 Å². The Kier molecular flexibility index (Phi) is 3.26. The Morgan fingerprint density at radius 2 is 2.00 bits per heavy atom. The largest absolute Gasteiger partial charge is 0.398 e.